The molecule has 16 nitrogen and oxygen atoms in total. The molecule has 0 amide bonds. The zero-order chi connectivity index (χ0) is 29.3. The van der Waals surface area contributed by atoms with Crippen LogP contribution in [0.4, 0.5) is 0 Å². The summed E-state index contributed by atoms with van der Waals surface area (Å²) < 4.78 is 35.3. The van der Waals surface area contributed by atoms with Crippen molar-refractivity contribution in [2.75, 3.05) is 52.9 Å². The zero-order valence-electron chi connectivity index (χ0n) is 18.7. The summed E-state index contributed by atoms with van der Waals surface area (Å²) in [6.07, 6.45) is 0. The van der Waals surface area contributed by atoms with E-state index in [2.05, 4.69) is 37.9 Å². The van der Waals surface area contributed by atoms with E-state index in [0.29, 0.717) is 0 Å². The molecule has 4 radical (unpaired) electrons. The van der Waals surface area contributed by atoms with Crippen molar-refractivity contribution in [1.29, 1.82) is 0 Å². The van der Waals surface area contributed by atoms with Gasteiger partial charge in [0.15, 0.2) is 0 Å². The maximum absolute atomic E-state index is 11.3. The fourth-order valence-electron chi connectivity index (χ4n) is 1.55. The predicted molar refractivity (Wildman–Crippen MR) is 123 cm³/mol. The van der Waals surface area contributed by atoms with Gasteiger partial charge in [0.1, 0.15) is 52.9 Å². The summed E-state index contributed by atoms with van der Waals surface area (Å²) in [5, 5.41) is 0. The Kier molecular flexibility index (Phi) is 26.2. The van der Waals surface area contributed by atoms with Crippen LogP contribution in [-0.2, 0) is 76.3 Å². The Morgan fingerprint density at radius 3 is 0.474 bits per heavy atom. The van der Waals surface area contributed by atoms with E-state index in [4.69, 9.17) is 35.7 Å². The predicted octanol–water partition coefficient (Wildman–Crippen LogP) is -1.66. The van der Waals surface area contributed by atoms with E-state index in [1.54, 1.807) is 0 Å². The molecular formula is C16H16Cl4O16Sn2. The van der Waals surface area contributed by atoms with Gasteiger partial charge in [-0.2, -0.15) is 0 Å². The molecule has 38 heavy (non-hydrogen) atoms. The van der Waals surface area contributed by atoms with E-state index in [-0.39, 0.29) is 0 Å². The molecule has 0 N–H and O–H groups in total. The quantitative estimate of drug-likeness (QED) is 0.116. The van der Waals surface area contributed by atoms with Crippen molar-refractivity contribution in [2.24, 2.45) is 0 Å². The number of ether oxygens (including phenoxy) is 8. The average molecular weight is 844 g/mol. The van der Waals surface area contributed by atoms with Crippen LogP contribution in [0.1, 0.15) is 0 Å². The molecule has 1 heterocycles. The second-order valence-electron chi connectivity index (χ2n) is 5.23. The Balaban J connectivity index is 0. The molecule has 0 saturated carbocycles. The second kappa shape index (κ2) is 25.8. The number of carbonyl (C=O) groups is 8. The van der Waals surface area contributed by atoms with Crippen LogP contribution >= 0.6 is 35.7 Å². The van der Waals surface area contributed by atoms with Crippen molar-refractivity contribution < 1.29 is 76.3 Å². The molecule has 1 aliphatic heterocycles. The Labute approximate surface area is 248 Å². The van der Waals surface area contributed by atoms with Gasteiger partial charge < -0.3 is 37.9 Å². The van der Waals surface area contributed by atoms with Crippen LogP contribution in [0.2, 0.25) is 0 Å². The normalized spacial score (nSPS) is 17.4. The maximum atomic E-state index is 11.3. The molecule has 1 aliphatic rings. The Morgan fingerprint density at radius 2 is 0.395 bits per heavy atom. The van der Waals surface area contributed by atoms with E-state index < -0.39 is 138 Å². The SMILES string of the molecule is O=C1OCCOC(=O)C(=O)OCCOC(=O)C(=O)OCCOC(=O)C(=O)OCCOC1=O.[Cl][Sn][Cl].[Cl][Sn][Cl]. The number of hydrogen-bond donors (Lipinski definition) is 0. The van der Waals surface area contributed by atoms with Crippen LogP contribution in [0.3, 0.4) is 0 Å². The van der Waals surface area contributed by atoms with Crippen molar-refractivity contribution in [1.82, 2.24) is 0 Å². The van der Waals surface area contributed by atoms with E-state index in [9.17, 15) is 38.4 Å². The van der Waals surface area contributed by atoms with E-state index in [1.807, 2.05) is 0 Å². The van der Waals surface area contributed by atoms with Gasteiger partial charge in [0, 0.05) is 0 Å². The van der Waals surface area contributed by atoms with Crippen LogP contribution < -0.4 is 0 Å². The number of halogens is 4. The summed E-state index contributed by atoms with van der Waals surface area (Å²) in [5.41, 5.74) is 0. The Hall–Kier alpha value is -1.48. The Morgan fingerprint density at radius 1 is 0.316 bits per heavy atom. The van der Waals surface area contributed by atoms with Gasteiger partial charge in [-0.15, -0.1) is 0 Å². The molecule has 1 rings (SSSR count). The summed E-state index contributed by atoms with van der Waals surface area (Å²) >= 11 is -1.65. The molecule has 0 unspecified atom stereocenters. The van der Waals surface area contributed by atoms with Crippen molar-refractivity contribution in [3.8, 4) is 0 Å². The van der Waals surface area contributed by atoms with E-state index in [1.165, 1.54) is 0 Å². The van der Waals surface area contributed by atoms with Gasteiger partial charge in [-0.1, -0.05) is 0 Å². The van der Waals surface area contributed by atoms with Gasteiger partial charge in [-0.3, -0.25) is 0 Å². The molecule has 0 spiro atoms. The number of esters is 8. The van der Waals surface area contributed by atoms with Crippen LogP contribution in [0.15, 0.2) is 0 Å². The molecule has 1 fully saturated rings. The molecule has 0 aromatic carbocycles. The fourth-order valence-corrected chi connectivity index (χ4v) is 1.55. The molecule has 0 aliphatic carbocycles. The fraction of sp³-hybridized carbons (Fsp3) is 0.500. The third kappa shape index (κ3) is 21.5. The number of hydrogen-bond acceptors (Lipinski definition) is 16. The summed E-state index contributed by atoms with van der Waals surface area (Å²) in [4.78, 5) is 90.8. The third-order valence-electron chi connectivity index (χ3n) is 2.87. The van der Waals surface area contributed by atoms with Crippen LogP contribution in [-0.4, -0.2) is 138 Å². The van der Waals surface area contributed by atoms with Crippen LogP contribution in [0.5, 0.6) is 0 Å². The first-order valence-electron chi connectivity index (χ1n) is 9.33. The first-order valence-corrected chi connectivity index (χ1v) is 23.8. The molecule has 0 aromatic rings. The van der Waals surface area contributed by atoms with Gasteiger partial charge in [-0.05, 0) is 0 Å². The zero-order valence-corrected chi connectivity index (χ0v) is 27.4. The van der Waals surface area contributed by atoms with Crippen molar-refractivity contribution in [3.05, 3.63) is 0 Å². The molecular weight excluding hydrogens is 827 g/mol. The first kappa shape index (κ1) is 38.7. The van der Waals surface area contributed by atoms with Gasteiger partial charge in [-0.25, -0.2) is 38.4 Å². The van der Waals surface area contributed by atoms with Gasteiger partial charge in [0.2, 0.25) is 0 Å². The average Bonchev–Trinajstić information content (AvgIpc) is 2.88. The number of carbonyl (C=O) groups excluding carboxylic acids is 8. The van der Waals surface area contributed by atoms with Crippen molar-refractivity contribution >= 4 is 121 Å². The molecule has 0 aromatic heterocycles. The number of rotatable bonds is 0. The van der Waals surface area contributed by atoms with Crippen molar-refractivity contribution in [3.63, 3.8) is 0 Å². The standard InChI is InChI=1S/C16H16O16.4ClH.2Sn/c17-9-10(18)27-3-4-29-13(21)14(22)31-7-8-32-16(24)15(23)30-6-5-28-12(20)11(19)26-2-1-25-9;;;;;;/h1-8H2;4*1H;;/q;;;;;2*+2/p-4. The minimum absolute atomic E-state index is 0.618. The number of cyclic esters (lactones) is 8. The van der Waals surface area contributed by atoms with Gasteiger partial charge in [0.05, 0.1) is 0 Å². The van der Waals surface area contributed by atoms with Crippen LogP contribution in [0.25, 0.3) is 0 Å². The minimum atomic E-state index is -1.47. The molecule has 212 valence electrons. The van der Waals surface area contributed by atoms with Crippen molar-refractivity contribution in [2.45, 2.75) is 0 Å². The first-order chi connectivity index (χ1) is 18.0. The van der Waals surface area contributed by atoms with Gasteiger partial charge in [0.25, 0.3) is 0 Å². The summed E-state index contributed by atoms with van der Waals surface area (Å²) in [6.45, 7) is -4.94. The molecule has 0 atom stereocenters. The Bertz CT molecular complexity index is 633. The topological polar surface area (TPSA) is 210 Å². The van der Waals surface area contributed by atoms with E-state index >= 15 is 0 Å². The second-order valence-corrected chi connectivity index (χ2v) is 13.7. The summed E-state index contributed by atoms with van der Waals surface area (Å²) in [7, 11) is 19.7. The molecule has 1 saturated heterocycles. The summed E-state index contributed by atoms with van der Waals surface area (Å²) in [6, 6.07) is 0. The molecule has 0 bridgehead atoms. The monoisotopic (exact) mass is 844 g/mol. The van der Waals surface area contributed by atoms with Gasteiger partial charge >= 0.3 is 121 Å². The van der Waals surface area contributed by atoms with E-state index in [0.717, 1.165) is 0 Å². The summed E-state index contributed by atoms with van der Waals surface area (Å²) in [5.74, 6) is -11.8. The van der Waals surface area contributed by atoms with Crippen LogP contribution in [0, 0.1) is 0 Å². The third-order valence-corrected chi connectivity index (χ3v) is 2.87. The molecule has 22 heteroatoms.